The van der Waals surface area contributed by atoms with E-state index in [2.05, 4.69) is 0 Å². The fourth-order valence-corrected chi connectivity index (χ4v) is 0.871. The largest absolute Gasteiger partial charge is 0.480 e. The highest BCUT2D eigenvalue weighted by Crippen LogP contribution is 2.09. The molecule has 3 heteroatoms. The molecule has 54 valence electrons. The van der Waals surface area contributed by atoms with Crippen LogP contribution in [-0.4, -0.2) is 16.5 Å². The minimum Gasteiger partial charge on any atom is -0.480 e. The van der Waals surface area contributed by atoms with E-state index >= 15 is 0 Å². The van der Waals surface area contributed by atoms with Gasteiger partial charge in [0.05, 0.1) is 0 Å². The molecule has 0 saturated carbocycles. The minimum absolute atomic E-state index is 0.351. The molecule has 0 aromatic rings. The van der Waals surface area contributed by atoms with Gasteiger partial charge < -0.3 is 5.11 Å². The zero-order chi connectivity index (χ0) is 7.44. The quantitative estimate of drug-likeness (QED) is 0.623. The number of carboxylic acid groups (broad SMARTS) is 1. The smallest absolute Gasteiger partial charge is 0.321 e. The van der Waals surface area contributed by atoms with Crippen LogP contribution in [0.1, 0.15) is 20.3 Å². The first-order chi connectivity index (χ1) is 4.04. The van der Waals surface area contributed by atoms with Crippen LogP contribution in [0.25, 0.3) is 0 Å². The van der Waals surface area contributed by atoms with Crippen molar-refractivity contribution in [3.8, 4) is 0 Å². The second-order valence-electron chi connectivity index (χ2n) is 2.44. The summed E-state index contributed by atoms with van der Waals surface area (Å²) in [5.41, 5.74) is 0. The molecular weight excluding hydrogens is 140 g/mol. The first kappa shape index (κ1) is 8.76. The fraction of sp³-hybridized carbons (Fsp3) is 0.833. The SMILES string of the molecule is CC(C)C[C@@H](Cl)C(=O)O. The van der Waals surface area contributed by atoms with Crippen molar-refractivity contribution in [1.82, 2.24) is 0 Å². The van der Waals surface area contributed by atoms with E-state index in [0.717, 1.165) is 0 Å². The Balaban J connectivity index is 3.50. The number of aliphatic carboxylic acids is 1. The molecule has 0 aliphatic rings. The van der Waals surface area contributed by atoms with Gasteiger partial charge in [-0.2, -0.15) is 0 Å². The Morgan fingerprint density at radius 1 is 1.67 bits per heavy atom. The molecule has 0 aromatic heterocycles. The molecule has 2 nitrogen and oxygen atoms in total. The molecule has 0 unspecified atom stereocenters. The second-order valence-corrected chi connectivity index (χ2v) is 2.96. The van der Waals surface area contributed by atoms with Crippen LogP contribution in [0.2, 0.25) is 0 Å². The van der Waals surface area contributed by atoms with Crippen LogP contribution in [0.3, 0.4) is 0 Å². The van der Waals surface area contributed by atoms with Gasteiger partial charge in [0.2, 0.25) is 0 Å². The Morgan fingerprint density at radius 3 is 2.22 bits per heavy atom. The fourth-order valence-electron chi connectivity index (χ4n) is 0.515. The van der Waals surface area contributed by atoms with Gasteiger partial charge in [-0.3, -0.25) is 4.79 Å². The van der Waals surface area contributed by atoms with Crippen LogP contribution < -0.4 is 0 Å². The summed E-state index contributed by atoms with van der Waals surface area (Å²) in [5.74, 6) is -0.575. The van der Waals surface area contributed by atoms with Gasteiger partial charge in [0.15, 0.2) is 0 Å². The van der Waals surface area contributed by atoms with Gasteiger partial charge in [-0.1, -0.05) is 13.8 Å². The van der Waals surface area contributed by atoms with Gasteiger partial charge in [-0.15, -0.1) is 11.6 Å². The number of carbonyl (C=O) groups is 1. The molecule has 0 radical (unpaired) electrons. The molecule has 0 amide bonds. The van der Waals surface area contributed by atoms with E-state index in [9.17, 15) is 4.79 Å². The second kappa shape index (κ2) is 3.72. The van der Waals surface area contributed by atoms with Gasteiger partial charge in [-0.25, -0.2) is 0 Å². The summed E-state index contributed by atoms with van der Waals surface area (Å²) < 4.78 is 0. The van der Waals surface area contributed by atoms with E-state index < -0.39 is 11.3 Å². The van der Waals surface area contributed by atoms with E-state index in [1.165, 1.54) is 0 Å². The summed E-state index contributed by atoms with van der Waals surface area (Å²) in [6, 6.07) is 0. The summed E-state index contributed by atoms with van der Waals surface area (Å²) >= 11 is 5.41. The number of rotatable bonds is 3. The minimum atomic E-state index is -0.926. The van der Waals surface area contributed by atoms with Gasteiger partial charge in [-0.05, 0) is 12.3 Å². The zero-order valence-electron chi connectivity index (χ0n) is 5.60. The first-order valence-corrected chi connectivity index (χ1v) is 3.34. The molecule has 0 saturated heterocycles. The predicted molar refractivity (Wildman–Crippen MR) is 36.7 cm³/mol. The van der Waals surface area contributed by atoms with Gasteiger partial charge >= 0.3 is 5.97 Å². The van der Waals surface area contributed by atoms with Crippen molar-refractivity contribution in [2.45, 2.75) is 25.6 Å². The average Bonchev–Trinajstić information content (AvgIpc) is 1.63. The Bertz CT molecular complexity index is 101. The van der Waals surface area contributed by atoms with Crippen molar-refractivity contribution in [3.05, 3.63) is 0 Å². The highest BCUT2D eigenvalue weighted by Gasteiger charge is 2.14. The highest BCUT2D eigenvalue weighted by molar-refractivity contribution is 6.29. The maximum atomic E-state index is 10.1. The molecule has 9 heavy (non-hydrogen) atoms. The molecular formula is C6H11ClO2. The van der Waals surface area contributed by atoms with Gasteiger partial charge in [0.1, 0.15) is 5.38 Å². The van der Waals surface area contributed by atoms with Crippen LogP contribution in [0.15, 0.2) is 0 Å². The number of carboxylic acids is 1. The number of alkyl halides is 1. The Kier molecular flexibility index (Phi) is 3.62. The highest BCUT2D eigenvalue weighted by atomic mass is 35.5. The van der Waals surface area contributed by atoms with E-state index in [-0.39, 0.29) is 0 Å². The summed E-state index contributed by atoms with van der Waals surface area (Å²) in [4.78, 5) is 10.1. The van der Waals surface area contributed by atoms with Crippen LogP contribution in [0.5, 0.6) is 0 Å². The van der Waals surface area contributed by atoms with Gasteiger partial charge in [0.25, 0.3) is 0 Å². The number of hydrogen-bond acceptors (Lipinski definition) is 1. The molecule has 0 aliphatic carbocycles. The van der Waals surface area contributed by atoms with Crippen molar-refractivity contribution in [3.63, 3.8) is 0 Å². The third kappa shape index (κ3) is 4.28. The summed E-state index contributed by atoms with van der Waals surface area (Å²) in [5, 5.41) is 7.58. The molecule has 0 aromatic carbocycles. The number of hydrogen-bond donors (Lipinski definition) is 1. The topological polar surface area (TPSA) is 37.3 Å². The molecule has 0 bridgehead atoms. The Labute approximate surface area is 59.8 Å². The van der Waals surface area contributed by atoms with E-state index in [1.807, 2.05) is 13.8 Å². The molecule has 0 spiro atoms. The lowest BCUT2D eigenvalue weighted by molar-refractivity contribution is -0.136. The Hall–Kier alpha value is -0.240. The van der Waals surface area contributed by atoms with Crippen molar-refractivity contribution < 1.29 is 9.90 Å². The summed E-state index contributed by atoms with van der Waals surface area (Å²) in [6.07, 6.45) is 0.539. The lowest BCUT2D eigenvalue weighted by atomic mass is 10.1. The van der Waals surface area contributed by atoms with Crippen LogP contribution in [0, 0.1) is 5.92 Å². The molecule has 0 rings (SSSR count). The van der Waals surface area contributed by atoms with Crippen molar-refractivity contribution in [2.24, 2.45) is 5.92 Å². The lowest BCUT2D eigenvalue weighted by Gasteiger charge is -2.05. The number of halogens is 1. The average molecular weight is 151 g/mol. The Morgan fingerprint density at radius 2 is 2.11 bits per heavy atom. The zero-order valence-corrected chi connectivity index (χ0v) is 6.35. The predicted octanol–water partition coefficient (Wildman–Crippen LogP) is 1.72. The van der Waals surface area contributed by atoms with Crippen molar-refractivity contribution >= 4 is 17.6 Å². The summed E-state index contributed by atoms with van der Waals surface area (Å²) in [6.45, 7) is 3.89. The molecule has 0 fully saturated rings. The van der Waals surface area contributed by atoms with Gasteiger partial charge in [0, 0.05) is 0 Å². The lowest BCUT2D eigenvalue weighted by Crippen LogP contribution is -2.15. The third-order valence-corrected chi connectivity index (χ3v) is 1.31. The first-order valence-electron chi connectivity index (χ1n) is 2.91. The maximum Gasteiger partial charge on any atom is 0.321 e. The van der Waals surface area contributed by atoms with Crippen molar-refractivity contribution in [2.75, 3.05) is 0 Å². The van der Waals surface area contributed by atoms with Crippen molar-refractivity contribution in [1.29, 1.82) is 0 Å². The van der Waals surface area contributed by atoms with E-state index in [0.29, 0.717) is 12.3 Å². The third-order valence-electron chi connectivity index (χ3n) is 0.946. The molecule has 0 aliphatic heterocycles. The normalized spacial score (nSPS) is 13.8. The van der Waals surface area contributed by atoms with Crippen LogP contribution in [-0.2, 0) is 4.79 Å². The molecule has 0 heterocycles. The summed E-state index contributed by atoms with van der Waals surface area (Å²) in [7, 11) is 0. The van der Waals surface area contributed by atoms with E-state index in [1.54, 1.807) is 0 Å². The van der Waals surface area contributed by atoms with E-state index in [4.69, 9.17) is 16.7 Å². The molecule has 1 N–H and O–H groups in total. The standard InChI is InChI=1S/C6H11ClO2/c1-4(2)3-5(7)6(8)9/h4-5H,3H2,1-2H3,(H,8,9)/t5-/m1/s1. The maximum absolute atomic E-state index is 10.1. The van der Waals surface area contributed by atoms with Crippen LogP contribution in [0.4, 0.5) is 0 Å². The van der Waals surface area contributed by atoms with Crippen LogP contribution >= 0.6 is 11.6 Å². The monoisotopic (exact) mass is 150 g/mol. The molecule has 1 atom stereocenters.